The molecule has 5 heteroatoms. The smallest absolute Gasteiger partial charge is 0.124 e. The summed E-state index contributed by atoms with van der Waals surface area (Å²) in [6.07, 6.45) is 2.22. The minimum absolute atomic E-state index is 0.0641. The summed E-state index contributed by atoms with van der Waals surface area (Å²) >= 11 is 0. The number of benzene rings is 1. The average Bonchev–Trinajstić information content (AvgIpc) is 2.28. The van der Waals surface area contributed by atoms with E-state index in [2.05, 4.69) is 5.16 Å². The largest absolute Gasteiger partial charge is 0.507 e. The first-order valence-corrected chi connectivity index (χ1v) is 4.75. The van der Waals surface area contributed by atoms with Crippen LogP contribution in [0.4, 0.5) is 4.39 Å². The van der Waals surface area contributed by atoms with E-state index in [-0.39, 0.29) is 11.3 Å². The molecule has 1 aromatic rings. The fourth-order valence-electron chi connectivity index (χ4n) is 0.991. The molecule has 1 aromatic carbocycles. The molecule has 0 saturated heterocycles. The van der Waals surface area contributed by atoms with Gasteiger partial charge < -0.3 is 9.94 Å². The van der Waals surface area contributed by atoms with E-state index in [1.54, 1.807) is 0 Å². The molecule has 0 atom stereocenters. The fourth-order valence-corrected chi connectivity index (χ4v) is 0.991. The second kappa shape index (κ2) is 6.40. The van der Waals surface area contributed by atoms with Gasteiger partial charge in [-0.1, -0.05) is 5.16 Å². The summed E-state index contributed by atoms with van der Waals surface area (Å²) in [5.41, 5.74) is 0.250. The van der Waals surface area contributed by atoms with Crippen LogP contribution in [-0.4, -0.2) is 17.9 Å². The molecule has 0 aliphatic rings. The highest BCUT2D eigenvalue weighted by Crippen LogP contribution is 2.15. The Balaban J connectivity index is 2.44. The molecule has 0 aromatic heterocycles. The van der Waals surface area contributed by atoms with E-state index in [0.29, 0.717) is 19.4 Å². The minimum Gasteiger partial charge on any atom is -0.507 e. The molecule has 84 valence electrons. The average molecular weight is 222 g/mol. The second-order valence-corrected chi connectivity index (χ2v) is 3.03. The quantitative estimate of drug-likeness (QED) is 0.471. The van der Waals surface area contributed by atoms with Crippen LogP contribution in [0.25, 0.3) is 0 Å². The number of phenolic OH excluding ortho intramolecular Hbond substituents is 1. The van der Waals surface area contributed by atoms with Crippen LogP contribution in [-0.2, 0) is 4.84 Å². The third-order valence-electron chi connectivity index (χ3n) is 1.78. The lowest BCUT2D eigenvalue weighted by Crippen LogP contribution is -1.89. The van der Waals surface area contributed by atoms with Crippen LogP contribution >= 0.6 is 0 Å². The lowest BCUT2D eigenvalue weighted by molar-refractivity contribution is 0.144. The van der Waals surface area contributed by atoms with Gasteiger partial charge in [-0.3, -0.25) is 0 Å². The lowest BCUT2D eigenvalue weighted by Gasteiger charge is -1.98. The Morgan fingerprint density at radius 2 is 2.38 bits per heavy atom. The van der Waals surface area contributed by atoms with Crippen molar-refractivity contribution < 1.29 is 14.3 Å². The van der Waals surface area contributed by atoms with E-state index in [1.165, 1.54) is 12.3 Å². The molecule has 1 rings (SSSR count). The second-order valence-electron chi connectivity index (χ2n) is 3.03. The number of hydrogen-bond donors (Lipinski definition) is 1. The predicted octanol–water partition coefficient (Wildman–Crippen LogP) is 2.19. The maximum absolute atomic E-state index is 12.8. The molecular formula is C11H11FN2O2. The molecule has 0 spiro atoms. The van der Waals surface area contributed by atoms with E-state index < -0.39 is 5.82 Å². The number of nitrogens with zero attached hydrogens (tertiary/aromatic N) is 2. The van der Waals surface area contributed by atoms with Crippen LogP contribution in [0.5, 0.6) is 5.75 Å². The first kappa shape index (κ1) is 12.0. The Labute approximate surface area is 92.6 Å². The molecule has 0 unspecified atom stereocenters. The van der Waals surface area contributed by atoms with Crippen LogP contribution in [0, 0.1) is 17.1 Å². The van der Waals surface area contributed by atoms with Crippen LogP contribution in [0.3, 0.4) is 0 Å². The monoisotopic (exact) mass is 222 g/mol. The standard InChI is InChI=1S/C11H11FN2O2/c12-10-3-4-11(15)9(7-10)8-14-16-6-2-1-5-13/h3-4,7-8,15H,1-2,6H2/b14-8+. The van der Waals surface area contributed by atoms with Crippen molar-refractivity contribution in [3.05, 3.63) is 29.6 Å². The van der Waals surface area contributed by atoms with Crippen molar-refractivity contribution in [2.75, 3.05) is 6.61 Å². The molecule has 4 nitrogen and oxygen atoms in total. The number of rotatable bonds is 5. The molecule has 16 heavy (non-hydrogen) atoms. The van der Waals surface area contributed by atoms with Gasteiger partial charge in [-0.05, 0) is 24.6 Å². The SMILES string of the molecule is N#CCCCO/N=C/c1cc(F)ccc1O. The molecule has 0 bridgehead atoms. The van der Waals surface area contributed by atoms with E-state index in [4.69, 9.17) is 10.1 Å². The molecule has 0 amide bonds. The molecule has 0 radical (unpaired) electrons. The van der Waals surface area contributed by atoms with Gasteiger partial charge >= 0.3 is 0 Å². The highest BCUT2D eigenvalue weighted by atomic mass is 19.1. The third kappa shape index (κ3) is 3.96. The summed E-state index contributed by atoms with van der Waals surface area (Å²) in [6.45, 7) is 0.320. The Hall–Kier alpha value is -2.09. The van der Waals surface area contributed by atoms with Crippen molar-refractivity contribution in [2.24, 2.45) is 5.16 Å². The highest BCUT2D eigenvalue weighted by Gasteiger charge is 1.99. The number of phenols is 1. The summed E-state index contributed by atoms with van der Waals surface area (Å²) in [5.74, 6) is -0.519. The number of aromatic hydroxyl groups is 1. The van der Waals surface area contributed by atoms with Crippen molar-refractivity contribution in [2.45, 2.75) is 12.8 Å². The minimum atomic E-state index is -0.455. The summed E-state index contributed by atoms with van der Waals surface area (Å²) in [6, 6.07) is 5.52. The van der Waals surface area contributed by atoms with Crippen molar-refractivity contribution in [1.82, 2.24) is 0 Å². The van der Waals surface area contributed by atoms with E-state index in [0.717, 1.165) is 12.1 Å². The zero-order valence-corrected chi connectivity index (χ0v) is 8.56. The third-order valence-corrected chi connectivity index (χ3v) is 1.78. The van der Waals surface area contributed by atoms with Crippen LogP contribution in [0.15, 0.2) is 23.4 Å². The Kier molecular flexibility index (Phi) is 4.80. The van der Waals surface area contributed by atoms with Gasteiger partial charge in [-0.15, -0.1) is 0 Å². The van der Waals surface area contributed by atoms with Crippen molar-refractivity contribution in [1.29, 1.82) is 5.26 Å². The van der Waals surface area contributed by atoms with Gasteiger partial charge in [-0.25, -0.2) is 4.39 Å². The van der Waals surface area contributed by atoms with E-state index in [9.17, 15) is 9.50 Å². The Morgan fingerprint density at radius 1 is 1.56 bits per heavy atom. The molecule has 0 fully saturated rings. The number of unbranched alkanes of at least 4 members (excludes halogenated alkanes) is 1. The van der Waals surface area contributed by atoms with Gasteiger partial charge in [-0.2, -0.15) is 5.26 Å². The maximum Gasteiger partial charge on any atom is 0.124 e. The van der Waals surface area contributed by atoms with Gasteiger partial charge in [0.1, 0.15) is 18.2 Å². The van der Waals surface area contributed by atoms with Crippen LogP contribution in [0.1, 0.15) is 18.4 Å². The summed E-state index contributed by atoms with van der Waals surface area (Å²) in [5, 5.41) is 21.1. The Morgan fingerprint density at radius 3 is 3.12 bits per heavy atom. The van der Waals surface area contributed by atoms with Gasteiger partial charge in [0.25, 0.3) is 0 Å². The molecule has 1 N–H and O–H groups in total. The zero-order chi connectivity index (χ0) is 11.8. The summed E-state index contributed by atoms with van der Waals surface area (Å²) in [7, 11) is 0. The van der Waals surface area contributed by atoms with E-state index in [1.807, 2.05) is 6.07 Å². The molecule has 0 saturated carbocycles. The number of hydrogen-bond acceptors (Lipinski definition) is 4. The van der Waals surface area contributed by atoms with Gasteiger partial charge in [0.15, 0.2) is 0 Å². The number of oxime groups is 1. The lowest BCUT2D eigenvalue weighted by atomic mass is 10.2. The van der Waals surface area contributed by atoms with Gasteiger partial charge in [0.2, 0.25) is 0 Å². The predicted molar refractivity (Wildman–Crippen MR) is 56.5 cm³/mol. The van der Waals surface area contributed by atoms with Crippen molar-refractivity contribution in [3.8, 4) is 11.8 Å². The van der Waals surface area contributed by atoms with Crippen LogP contribution in [0.2, 0.25) is 0 Å². The zero-order valence-electron chi connectivity index (χ0n) is 8.56. The highest BCUT2D eigenvalue weighted by molar-refractivity contribution is 5.82. The van der Waals surface area contributed by atoms with Crippen LogP contribution < -0.4 is 0 Å². The summed E-state index contributed by atoms with van der Waals surface area (Å²) in [4.78, 5) is 4.82. The molecule has 0 aliphatic carbocycles. The van der Waals surface area contributed by atoms with Gasteiger partial charge in [0, 0.05) is 12.0 Å². The van der Waals surface area contributed by atoms with Crippen molar-refractivity contribution >= 4 is 6.21 Å². The number of nitriles is 1. The maximum atomic E-state index is 12.8. The topological polar surface area (TPSA) is 65.6 Å². The normalized spacial score (nSPS) is 10.2. The molecular weight excluding hydrogens is 211 g/mol. The van der Waals surface area contributed by atoms with Gasteiger partial charge in [0.05, 0.1) is 12.3 Å². The van der Waals surface area contributed by atoms with E-state index >= 15 is 0 Å². The first-order valence-electron chi connectivity index (χ1n) is 4.75. The Bertz CT molecular complexity index is 413. The molecule has 0 aliphatic heterocycles. The summed E-state index contributed by atoms with van der Waals surface area (Å²) < 4.78 is 12.8. The number of halogens is 1. The molecule has 0 heterocycles. The fraction of sp³-hybridized carbons (Fsp3) is 0.273. The van der Waals surface area contributed by atoms with Crippen molar-refractivity contribution in [3.63, 3.8) is 0 Å². The first-order chi connectivity index (χ1) is 7.74.